The third kappa shape index (κ3) is 3.74. The molecule has 0 fully saturated rings. The standard InChI is InChI=1S/C9H13N3O.ClH/c10-8(11)5-6-1-3-7(4-2-6)9(12)13;/h1-4,8H,5,10-11H2,(H2,12,13);1H. The van der Waals surface area contributed by atoms with Crippen molar-refractivity contribution in [2.45, 2.75) is 12.6 Å². The van der Waals surface area contributed by atoms with E-state index in [2.05, 4.69) is 0 Å². The molecule has 0 spiro atoms. The Morgan fingerprint density at radius 2 is 1.71 bits per heavy atom. The predicted molar refractivity (Wildman–Crippen MR) is 58.1 cm³/mol. The molecular weight excluding hydrogens is 202 g/mol. The zero-order valence-corrected chi connectivity index (χ0v) is 8.46. The van der Waals surface area contributed by atoms with Crippen LogP contribution in [0.15, 0.2) is 24.3 Å². The van der Waals surface area contributed by atoms with Crippen LogP contribution in [-0.4, -0.2) is 12.1 Å². The zero-order chi connectivity index (χ0) is 9.84. The fraction of sp³-hybridized carbons (Fsp3) is 0.222. The third-order valence-electron chi connectivity index (χ3n) is 1.71. The van der Waals surface area contributed by atoms with Crippen molar-refractivity contribution in [2.75, 3.05) is 0 Å². The quantitative estimate of drug-likeness (QED) is 0.619. The number of benzene rings is 1. The first-order valence-electron chi connectivity index (χ1n) is 3.99. The zero-order valence-electron chi connectivity index (χ0n) is 7.64. The largest absolute Gasteiger partial charge is 0.366 e. The van der Waals surface area contributed by atoms with E-state index in [9.17, 15) is 4.79 Å². The van der Waals surface area contributed by atoms with Crippen LogP contribution < -0.4 is 17.2 Å². The lowest BCUT2D eigenvalue weighted by Crippen LogP contribution is -2.32. The van der Waals surface area contributed by atoms with Gasteiger partial charge in [0.2, 0.25) is 5.91 Å². The van der Waals surface area contributed by atoms with Gasteiger partial charge in [0, 0.05) is 12.0 Å². The number of hydrogen-bond donors (Lipinski definition) is 3. The van der Waals surface area contributed by atoms with Crippen LogP contribution in [0.1, 0.15) is 15.9 Å². The Bertz CT molecular complexity index is 297. The minimum atomic E-state index is -0.427. The molecule has 1 amide bonds. The Hall–Kier alpha value is -1.10. The number of rotatable bonds is 3. The predicted octanol–water partition coefficient (Wildman–Crippen LogP) is -0.00670. The minimum Gasteiger partial charge on any atom is -0.366 e. The van der Waals surface area contributed by atoms with Crippen LogP contribution in [0.3, 0.4) is 0 Å². The van der Waals surface area contributed by atoms with Crippen molar-refractivity contribution in [1.82, 2.24) is 0 Å². The number of carbonyl (C=O) groups is 1. The second-order valence-electron chi connectivity index (χ2n) is 2.93. The summed E-state index contributed by atoms with van der Waals surface area (Å²) < 4.78 is 0. The Morgan fingerprint density at radius 3 is 2.07 bits per heavy atom. The summed E-state index contributed by atoms with van der Waals surface area (Å²) in [5.41, 5.74) is 17.4. The molecule has 0 radical (unpaired) electrons. The fourth-order valence-corrected chi connectivity index (χ4v) is 1.08. The topological polar surface area (TPSA) is 95.1 Å². The molecule has 0 aliphatic heterocycles. The SMILES string of the molecule is Cl.NC(=O)c1ccc(CC(N)N)cc1. The van der Waals surface area contributed by atoms with Gasteiger partial charge in [-0.2, -0.15) is 0 Å². The van der Waals surface area contributed by atoms with E-state index in [1.807, 2.05) is 0 Å². The van der Waals surface area contributed by atoms with Crippen LogP contribution in [0.5, 0.6) is 0 Å². The van der Waals surface area contributed by atoms with Gasteiger partial charge in [-0.05, 0) is 17.7 Å². The molecule has 0 aliphatic carbocycles. The Balaban J connectivity index is 0.00000169. The smallest absolute Gasteiger partial charge is 0.248 e. The van der Waals surface area contributed by atoms with E-state index in [0.717, 1.165) is 5.56 Å². The van der Waals surface area contributed by atoms with Crippen LogP contribution in [0.4, 0.5) is 0 Å². The fourth-order valence-electron chi connectivity index (χ4n) is 1.08. The Kier molecular flexibility index (Phi) is 5.15. The molecule has 1 aromatic rings. The molecule has 1 aromatic carbocycles. The van der Waals surface area contributed by atoms with Gasteiger partial charge < -0.3 is 17.2 Å². The summed E-state index contributed by atoms with van der Waals surface area (Å²) >= 11 is 0. The van der Waals surface area contributed by atoms with Crippen molar-refractivity contribution in [3.05, 3.63) is 35.4 Å². The molecule has 0 aromatic heterocycles. The van der Waals surface area contributed by atoms with Crippen molar-refractivity contribution >= 4 is 18.3 Å². The number of nitrogens with two attached hydrogens (primary N) is 3. The molecule has 0 heterocycles. The molecule has 0 aliphatic rings. The highest BCUT2D eigenvalue weighted by atomic mass is 35.5. The van der Waals surface area contributed by atoms with Gasteiger partial charge in [0.25, 0.3) is 0 Å². The van der Waals surface area contributed by atoms with Crippen molar-refractivity contribution < 1.29 is 4.79 Å². The van der Waals surface area contributed by atoms with Gasteiger partial charge in [0.05, 0.1) is 6.17 Å². The monoisotopic (exact) mass is 215 g/mol. The lowest BCUT2D eigenvalue weighted by atomic mass is 10.1. The maximum Gasteiger partial charge on any atom is 0.248 e. The van der Waals surface area contributed by atoms with Gasteiger partial charge in [-0.3, -0.25) is 4.79 Å². The Morgan fingerprint density at radius 1 is 1.21 bits per heavy atom. The summed E-state index contributed by atoms with van der Waals surface area (Å²) in [6, 6.07) is 6.93. The summed E-state index contributed by atoms with van der Waals surface area (Å²) in [6.07, 6.45) is 0.235. The van der Waals surface area contributed by atoms with E-state index in [1.165, 1.54) is 0 Å². The first-order chi connectivity index (χ1) is 6.09. The van der Waals surface area contributed by atoms with Crippen molar-refractivity contribution in [3.8, 4) is 0 Å². The van der Waals surface area contributed by atoms with Crippen molar-refractivity contribution in [3.63, 3.8) is 0 Å². The molecule has 0 atom stereocenters. The summed E-state index contributed by atoms with van der Waals surface area (Å²) in [5, 5.41) is 0. The highest BCUT2D eigenvalue weighted by Crippen LogP contribution is 2.04. The second-order valence-corrected chi connectivity index (χ2v) is 2.93. The van der Waals surface area contributed by atoms with E-state index in [1.54, 1.807) is 24.3 Å². The van der Waals surface area contributed by atoms with Gasteiger partial charge in [-0.15, -0.1) is 12.4 Å². The number of carbonyl (C=O) groups excluding carboxylic acids is 1. The van der Waals surface area contributed by atoms with E-state index in [-0.39, 0.29) is 18.6 Å². The van der Waals surface area contributed by atoms with Crippen LogP contribution in [0.25, 0.3) is 0 Å². The van der Waals surface area contributed by atoms with Crippen LogP contribution in [-0.2, 0) is 6.42 Å². The van der Waals surface area contributed by atoms with Crippen molar-refractivity contribution in [1.29, 1.82) is 0 Å². The highest BCUT2D eigenvalue weighted by molar-refractivity contribution is 5.92. The first-order valence-corrected chi connectivity index (χ1v) is 3.99. The summed E-state index contributed by atoms with van der Waals surface area (Å²) in [7, 11) is 0. The molecule has 1 rings (SSSR count). The number of amides is 1. The first kappa shape index (κ1) is 12.9. The van der Waals surface area contributed by atoms with Crippen LogP contribution in [0, 0.1) is 0 Å². The van der Waals surface area contributed by atoms with E-state index in [4.69, 9.17) is 17.2 Å². The van der Waals surface area contributed by atoms with Gasteiger partial charge in [0.15, 0.2) is 0 Å². The summed E-state index contributed by atoms with van der Waals surface area (Å²) in [4.78, 5) is 10.7. The van der Waals surface area contributed by atoms with Gasteiger partial charge in [0.1, 0.15) is 0 Å². The molecule has 0 saturated carbocycles. The molecule has 0 saturated heterocycles. The number of primary amides is 1. The second kappa shape index (κ2) is 5.59. The lowest BCUT2D eigenvalue weighted by molar-refractivity contribution is 0.100. The van der Waals surface area contributed by atoms with E-state index >= 15 is 0 Å². The van der Waals surface area contributed by atoms with Gasteiger partial charge in [-0.25, -0.2) is 0 Å². The van der Waals surface area contributed by atoms with Gasteiger partial charge >= 0.3 is 0 Å². The lowest BCUT2D eigenvalue weighted by Gasteiger charge is -2.05. The maximum atomic E-state index is 10.7. The van der Waals surface area contributed by atoms with E-state index in [0.29, 0.717) is 12.0 Å². The molecular formula is C9H14ClN3O. The van der Waals surface area contributed by atoms with Crippen LogP contribution in [0.2, 0.25) is 0 Å². The minimum absolute atomic E-state index is 0. The summed E-state index contributed by atoms with van der Waals surface area (Å²) in [5.74, 6) is -0.427. The molecule has 4 nitrogen and oxygen atoms in total. The number of hydrogen-bond acceptors (Lipinski definition) is 3. The molecule has 14 heavy (non-hydrogen) atoms. The van der Waals surface area contributed by atoms with Crippen molar-refractivity contribution in [2.24, 2.45) is 17.2 Å². The highest BCUT2D eigenvalue weighted by Gasteiger charge is 2.01. The van der Waals surface area contributed by atoms with Crippen LogP contribution >= 0.6 is 12.4 Å². The normalized spacial score (nSPS) is 9.64. The Labute approximate surface area is 88.9 Å². The average molecular weight is 216 g/mol. The molecule has 0 unspecified atom stereocenters. The average Bonchev–Trinajstić information content (AvgIpc) is 2.04. The maximum absolute atomic E-state index is 10.7. The van der Waals surface area contributed by atoms with Gasteiger partial charge in [-0.1, -0.05) is 12.1 Å². The van der Waals surface area contributed by atoms with E-state index < -0.39 is 5.91 Å². The molecule has 78 valence electrons. The molecule has 0 bridgehead atoms. The third-order valence-corrected chi connectivity index (χ3v) is 1.71. The summed E-state index contributed by atoms with van der Waals surface area (Å²) in [6.45, 7) is 0. The molecule has 6 N–H and O–H groups in total. The molecule has 5 heteroatoms. The number of halogens is 1.